The number of anilines is 1. The van der Waals surface area contributed by atoms with Crippen molar-refractivity contribution in [3.8, 4) is 5.75 Å². The van der Waals surface area contributed by atoms with Crippen LogP contribution >= 0.6 is 0 Å². The first kappa shape index (κ1) is 12.3. The Morgan fingerprint density at radius 3 is 2.61 bits per heavy atom. The third-order valence-corrected chi connectivity index (χ3v) is 2.12. The molecular weight excluding hydrogens is 249 g/mol. The summed E-state index contributed by atoms with van der Waals surface area (Å²) in [5, 5.41) is 0. The average Bonchev–Trinajstić information content (AvgIpc) is 2.72. The Bertz CT molecular complexity index is 537. The second-order valence-electron chi connectivity index (χ2n) is 3.44. The molecule has 0 saturated carbocycles. The van der Waals surface area contributed by atoms with Crippen LogP contribution in [0.5, 0.6) is 5.75 Å². The zero-order chi connectivity index (χ0) is 13.2. The van der Waals surface area contributed by atoms with E-state index >= 15 is 0 Å². The van der Waals surface area contributed by atoms with Gasteiger partial charge in [0.2, 0.25) is 11.8 Å². The van der Waals surface area contributed by atoms with E-state index in [1.54, 1.807) is 0 Å². The van der Waals surface area contributed by atoms with E-state index in [2.05, 4.69) is 4.98 Å². The molecule has 0 amide bonds. The number of nitrogens with two attached hydrogens (primary N) is 1. The smallest absolute Gasteiger partial charge is 0.419 e. The number of halogens is 3. The van der Waals surface area contributed by atoms with Crippen molar-refractivity contribution in [3.63, 3.8) is 0 Å². The average molecular weight is 258 g/mol. The van der Waals surface area contributed by atoms with E-state index in [0.29, 0.717) is 0 Å². The first-order valence-corrected chi connectivity index (χ1v) is 4.96. The molecule has 0 aliphatic rings. The third kappa shape index (κ3) is 2.73. The second-order valence-corrected chi connectivity index (χ2v) is 3.44. The Morgan fingerprint density at radius 2 is 2.00 bits per heavy atom. The topological polar surface area (TPSA) is 61.3 Å². The number of para-hydroxylation sites is 1. The maximum absolute atomic E-state index is 12.6. The SMILES string of the molecule is Nc1cnc(COc2ccccc2C(F)(F)F)o1. The highest BCUT2D eigenvalue weighted by atomic mass is 19.4. The van der Waals surface area contributed by atoms with Gasteiger partial charge in [-0.05, 0) is 12.1 Å². The molecule has 0 saturated heterocycles. The molecule has 0 radical (unpaired) electrons. The molecule has 0 fully saturated rings. The fourth-order valence-corrected chi connectivity index (χ4v) is 1.36. The van der Waals surface area contributed by atoms with Crippen LogP contribution in [0, 0.1) is 0 Å². The summed E-state index contributed by atoms with van der Waals surface area (Å²) in [5.74, 6) is -0.0797. The number of nitrogen functional groups attached to an aromatic ring is 1. The maximum Gasteiger partial charge on any atom is 0.419 e. The van der Waals surface area contributed by atoms with Gasteiger partial charge in [0.1, 0.15) is 5.75 Å². The minimum absolute atomic E-state index is 0.0812. The summed E-state index contributed by atoms with van der Waals surface area (Å²) in [5.41, 5.74) is 4.44. The number of rotatable bonds is 3. The lowest BCUT2D eigenvalue weighted by Gasteiger charge is -2.12. The van der Waals surface area contributed by atoms with Crippen LogP contribution in [-0.2, 0) is 12.8 Å². The summed E-state index contributed by atoms with van der Waals surface area (Å²) in [6, 6.07) is 4.92. The molecule has 4 nitrogen and oxygen atoms in total. The quantitative estimate of drug-likeness (QED) is 0.919. The largest absolute Gasteiger partial charge is 0.483 e. The third-order valence-electron chi connectivity index (χ3n) is 2.12. The van der Waals surface area contributed by atoms with Gasteiger partial charge < -0.3 is 14.9 Å². The van der Waals surface area contributed by atoms with E-state index in [1.165, 1.54) is 24.4 Å². The summed E-state index contributed by atoms with van der Waals surface area (Å²) >= 11 is 0. The Hall–Kier alpha value is -2.18. The van der Waals surface area contributed by atoms with Gasteiger partial charge in [0.15, 0.2) is 6.61 Å². The molecule has 0 unspecified atom stereocenters. The number of hydrogen-bond donors (Lipinski definition) is 1. The molecule has 96 valence electrons. The lowest BCUT2D eigenvalue weighted by Crippen LogP contribution is -2.08. The molecule has 2 N–H and O–H groups in total. The monoisotopic (exact) mass is 258 g/mol. The lowest BCUT2D eigenvalue weighted by molar-refractivity contribution is -0.139. The van der Waals surface area contributed by atoms with E-state index in [1.807, 2.05) is 0 Å². The predicted octanol–water partition coefficient (Wildman–Crippen LogP) is 2.85. The molecule has 0 bridgehead atoms. The Balaban J connectivity index is 2.14. The highest BCUT2D eigenvalue weighted by Gasteiger charge is 2.34. The van der Waals surface area contributed by atoms with Crippen LogP contribution in [0.15, 0.2) is 34.9 Å². The molecule has 0 aliphatic heterocycles. The fraction of sp³-hybridized carbons (Fsp3) is 0.182. The van der Waals surface area contributed by atoms with Gasteiger partial charge in [-0.1, -0.05) is 12.1 Å². The van der Waals surface area contributed by atoms with Crippen molar-refractivity contribution < 1.29 is 22.3 Å². The molecule has 1 heterocycles. The van der Waals surface area contributed by atoms with Gasteiger partial charge in [-0.3, -0.25) is 0 Å². The zero-order valence-electron chi connectivity index (χ0n) is 9.07. The van der Waals surface area contributed by atoms with E-state index in [0.717, 1.165) is 6.07 Å². The van der Waals surface area contributed by atoms with Crippen molar-refractivity contribution in [3.05, 3.63) is 41.9 Å². The molecule has 2 aromatic rings. The van der Waals surface area contributed by atoms with Crippen LogP contribution in [0.25, 0.3) is 0 Å². The van der Waals surface area contributed by atoms with Gasteiger partial charge in [0, 0.05) is 0 Å². The predicted molar refractivity (Wildman–Crippen MR) is 56.7 cm³/mol. The fourth-order valence-electron chi connectivity index (χ4n) is 1.36. The number of aromatic nitrogens is 1. The Morgan fingerprint density at radius 1 is 1.28 bits per heavy atom. The molecule has 1 aromatic carbocycles. The van der Waals surface area contributed by atoms with Gasteiger partial charge in [-0.25, -0.2) is 4.98 Å². The van der Waals surface area contributed by atoms with Crippen molar-refractivity contribution in [2.24, 2.45) is 0 Å². The molecule has 0 spiro atoms. The molecule has 18 heavy (non-hydrogen) atoms. The normalized spacial score (nSPS) is 11.5. The highest BCUT2D eigenvalue weighted by molar-refractivity contribution is 5.35. The van der Waals surface area contributed by atoms with Crippen LogP contribution in [0.3, 0.4) is 0 Å². The number of nitrogens with zero attached hydrogens (tertiary/aromatic N) is 1. The van der Waals surface area contributed by atoms with Crippen molar-refractivity contribution >= 4 is 5.88 Å². The van der Waals surface area contributed by atoms with Crippen molar-refractivity contribution in [1.82, 2.24) is 4.98 Å². The van der Waals surface area contributed by atoms with Crippen molar-refractivity contribution in [1.29, 1.82) is 0 Å². The van der Waals surface area contributed by atoms with Gasteiger partial charge in [-0.2, -0.15) is 13.2 Å². The molecule has 1 aromatic heterocycles. The van der Waals surface area contributed by atoms with Crippen molar-refractivity contribution in [2.75, 3.05) is 5.73 Å². The Labute approximate surface area is 100 Å². The van der Waals surface area contributed by atoms with Crippen LogP contribution in [0.4, 0.5) is 19.1 Å². The lowest BCUT2D eigenvalue weighted by atomic mass is 10.2. The van der Waals surface area contributed by atoms with Crippen LogP contribution in [0.1, 0.15) is 11.5 Å². The van der Waals surface area contributed by atoms with Gasteiger partial charge >= 0.3 is 6.18 Å². The van der Waals surface area contributed by atoms with Crippen molar-refractivity contribution in [2.45, 2.75) is 12.8 Å². The number of oxazole rings is 1. The minimum Gasteiger partial charge on any atom is -0.483 e. The molecule has 7 heteroatoms. The summed E-state index contributed by atoms with van der Waals surface area (Å²) in [6.45, 7) is -0.218. The standard InChI is InChI=1S/C11H9F3N2O2/c12-11(13,14)7-3-1-2-4-8(7)17-6-10-16-5-9(15)18-10/h1-5H,6,15H2. The van der Waals surface area contributed by atoms with E-state index < -0.39 is 11.7 Å². The number of alkyl halides is 3. The first-order valence-electron chi connectivity index (χ1n) is 4.96. The molecule has 2 rings (SSSR count). The maximum atomic E-state index is 12.6. The molecular formula is C11H9F3N2O2. The van der Waals surface area contributed by atoms with Gasteiger partial charge in [0.05, 0.1) is 11.8 Å². The van der Waals surface area contributed by atoms with Crippen LogP contribution < -0.4 is 10.5 Å². The number of ether oxygens (including phenoxy) is 1. The minimum atomic E-state index is -4.47. The highest BCUT2D eigenvalue weighted by Crippen LogP contribution is 2.36. The zero-order valence-corrected chi connectivity index (χ0v) is 9.07. The molecule has 0 aliphatic carbocycles. The van der Waals surface area contributed by atoms with E-state index in [9.17, 15) is 13.2 Å². The summed E-state index contributed by atoms with van der Waals surface area (Å²) in [6.07, 6.45) is -3.21. The van der Waals surface area contributed by atoms with E-state index in [-0.39, 0.29) is 24.1 Å². The summed E-state index contributed by atoms with van der Waals surface area (Å²) in [4.78, 5) is 3.72. The second kappa shape index (κ2) is 4.59. The molecule has 0 atom stereocenters. The Kier molecular flexibility index (Phi) is 3.14. The first-order chi connectivity index (χ1) is 8.47. The van der Waals surface area contributed by atoms with Crippen LogP contribution in [-0.4, -0.2) is 4.98 Å². The van der Waals surface area contributed by atoms with E-state index in [4.69, 9.17) is 14.9 Å². The summed E-state index contributed by atoms with van der Waals surface area (Å²) < 4.78 is 47.8. The number of benzene rings is 1. The number of hydrogen-bond acceptors (Lipinski definition) is 4. The van der Waals surface area contributed by atoms with Gasteiger partial charge in [-0.15, -0.1) is 0 Å². The van der Waals surface area contributed by atoms with Crippen LogP contribution in [0.2, 0.25) is 0 Å². The summed E-state index contributed by atoms with van der Waals surface area (Å²) in [7, 11) is 0. The van der Waals surface area contributed by atoms with Gasteiger partial charge in [0.25, 0.3) is 0 Å².